The van der Waals surface area contributed by atoms with E-state index in [0.29, 0.717) is 11.9 Å². The average molecular weight is 257 g/mol. The number of carbonyl (C=O) groups is 1. The van der Waals surface area contributed by atoms with E-state index >= 15 is 0 Å². The van der Waals surface area contributed by atoms with Gasteiger partial charge in [-0.15, -0.1) is 0 Å². The number of ether oxygens (including phenoxy) is 1. The van der Waals surface area contributed by atoms with Gasteiger partial charge < -0.3 is 10.1 Å². The molecular weight excluding hydrogens is 234 g/mol. The summed E-state index contributed by atoms with van der Waals surface area (Å²) >= 11 is 2.10. The maximum atomic E-state index is 11.6. The predicted molar refractivity (Wildman–Crippen MR) is 71.3 cm³/mol. The smallest absolute Gasteiger partial charge is 0.323 e. The summed E-state index contributed by atoms with van der Waals surface area (Å²) < 4.78 is 5.05. The molecular formula is C13H23NO2S. The van der Waals surface area contributed by atoms with E-state index in [1.54, 1.807) is 0 Å². The SMILES string of the molecule is CCOC(=O)C1C[C@@H](SC2CCCCC2)CN1. The zero-order valence-corrected chi connectivity index (χ0v) is 11.4. The summed E-state index contributed by atoms with van der Waals surface area (Å²) in [5.41, 5.74) is 0. The first kappa shape index (κ1) is 13.2. The summed E-state index contributed by atoms with van der Waals surface area (Å²) in [6, 6.07) is -0.0592. The highest BCUT2D eigenvalue weighted by molar-refractivity contribution is 8.00. The van der Waals surface area contributed by atoms with Crippen LogP contribution < -0.4 is 5.32 Å². The first-order valence-electron chi connectivity index (χ1n) is 6.85. The van der Waals surface area contributed by atoms with Crippen LogP contribution in [0.2, 0.25) is 0 Å². The summed E-state index contributed by atoms with van der Waals surface area (Å²) in [5, 5.41) is 4.72. The van der Waals surface area contributed by atoms with Crippen molar-refractivity contribution in [1.82, 2.24) is 5.32 Å². The van der Waals surface area contributed by atoms with Gasteiger partial charge >= 0.3 is 5.97 Å². The molecule has 0 amide bonds. The highest BCUT2D eigenvalue weighted by Crippen LogP contribution is 2.34. The number of carbonyl (C=O) groups excluding carboxylic acids is 1. The van der Waals surface area contributed by atoms with Crippen LogP contribution in [-0.4, -0.2) is 35.7 Å². The van der Waals surface area contributed by atoms with Crippen molar-refractivity contribution >= 4 is 17.7 Å². The minimum Gasteiger partial charge on any atom is -0.465 e. The van der Waals surface area contributed by atoms with Crippen molar-refractivity contribution in [1.29, 1.82) is 0 Å². The molecule has 17 heavy (non-hydrogen) atoms. The molecule has 4 heteroatoms. The zero-order chi connectivity index (χ0) is 12.1. The predicted octanol–water partition coefficient (Wildman–Crippen LogP) is 2.35. The Morgan fingerprint density at radius 2 is 2.06 bits per heavy atom. The third-order valence-electron chi connectivity index (χ3n) is 3.60. The van der Waals surface area contributed by atoms with Gasteiger partial charge in [-0.3, -0.25) is 4.79 Å². The van der Waals surface area contributed by atoms with E-state index < -0.39 is 0 Å². The standard InChI is InChI=1S/C13H23NO2S/c1-2-16-13(15)12-8-11(9-14-12)17-10-6-4-3-5-7-10/h10-12,14H,2-9H2,1H3/t11-,12?/m1/s1. The molecule has 1 N–H and O–H groups in total. The average Bonchev–Trinajstić information content (AvgIpc) is 2.79. The Labute approximate surface area is 108 Å². The zero-order valence-electron chi connectivity index (χ0n) is 10.6. The number of hydrogen-bond donors (Lipinski definition) is 1. The maximum Gasteiger partial charge on any atom is 0.323 e. The van der Waals surface area contributed by atoms with Crippen molar-refractivity contribution < 1.29 is 9.53 Å². The van der Waals surface area contributed by atoms with E-state index in [4.69, 9.17) is 4.74 Å². The second-order valence-electron chi connectivity index (χ2n) is 4.97. The van der Waals surface area contributed by atoms with Crippen LogP contribution in [0.15, 0.2) is 0 Å². The Morgan fingerprint density at radius 1 is 1.29 bits per heavy atom. The molecule has 0 radical (unpaired) electrons. The number of rotatable bonds is 4. The van der Waals surface area contributed by atoms with Crippen LogP contribution in [0.1, 0.15) is 45.4 Å². The molecule has 2 aliphatic rings. The quantitative estimate of drug-likeness (QED) is 0.785. The lowest BCUT2D eigenvalue weighted by atomic mass is 10.0. The second kappa shape index (κ2) is 6.64. The van der Waals surface area contributed by atoms with E-state index in [2.05, 4.69) is 17.1 Å². The van der Waals surface area contributed by atoms with E-state index in [1.165, 1.54) is 32.1 Å². The fourth-order valence-electron chi connectivity index (χ4n) is 2.70. The Hall–Kier alpha value is -0.220. The second-order valence-corrected chi connectivity index (χ2v) is 6.57. The van der Waals surface area contributed by atoms with Crippen molar-refractivity contribution in [3.8, 4) is 0 Å². The van der Waals surface area contributed by atoms with Crippen molar-refractivity contribution in [3.05, 3.63) is 0 Å². The van der Waals surface area contributed by atoms with Gasteiger partial charge in [0.2, 0.25) is 0 Å². The van der Waals surface area contributed by atoms with Crippen molar-refractivity contribution in [2.45, 2.75) is 62.0 Å². The molecule has 3 nitrogen and oxygen atoms in total. The van der Waals surface area contributed by atoms with Gasteiger partial charge in [-0.05, 0) is 26.2 Å². The van der Waals surface area contributed by atoms with Crippen LogP contribution in [0.5, 0.6) is 0 Å². The van der Waals surface area contributed by atoms with Crippen molar-refractivity contribution in [2.24, 2.45) is 0 Å². The Balaban J connectivity index is 1.71. The summed E-state index contributed by atoms with van der Waals surface area (Å²) in [7, 11) is 0. The molecule has 1 aliphatic heterocycles. The molecule has 2 fully saturated rings. The minimum absolute atomic E-state index is 0.0592. The van der Waals surface area contributed by atoms with Gasteiger partial charge in [0, 0.05) is 17.0 Å². The molecule has 1 heterocycles. The maximum absolute atomic E-state index is 11.6. The molecule has 1 aliphatic carbocycles. The number of esters is 1. The van der Waals surface area contributed by atoms with E-state index in [1.807, 2.05) is 6.92 Å². The van der Waals surface area contributed by atoms with E-state index in [-0.39, 0.29) is 12.0 Å². The van der Waals surface area contributed by atoms with Crippen molar-refractivity contribution in [2.75, 3.05) is 13.2 Å². The third-order valence-corrected chi connectivity index (χ3v) is 5.20. The van der Waals surface area contributed by atoms with Crippen LogP contribution in [0.3, 0.4) is 0 Å². The molecule has 2 rings (SSSR count). The Kier molecular flexibility index (Phi) is 5.16. The molecule has 1 unspecified atom stereocenters. The van der Waals surface area contributed by atoms with E-state index in [9.17, 15) is 4.79 Å². The molecule has 1 saturated heterocycles. The number of hydrogen-bond acceptors (Lipinski definition) is 4. The minimum atomic E-state index is -0.0701. The summed E-state index contributed by atoms with van der Waals surface area (Å²) in [6.07, 6.45) is 7.86. The molecule has 2 atom stereocenters. The first-order valence-corrected chi connectivity index (χ1v) is 7.79. The fourth-order valence-corrected chi connectivity index (χ4v) is 4.35. The van der Waals surface area contributed by atoms with Crippen LogP contribution in [0.4, 0.5) is 0 Å². The highest BCUT2D eigenvalue weighted by Gasteiger charge is 2.32. The normalized spacial score (nSPS) is 30.4. The molecule has 0 bridgehead atoms. The molecule has 0 aromatic heterocycles. The van der Waals surface area contributed by atoms with Gasteiger partial charge in [0.25, 0.3) is 0 Å². The molecule has 0 aromatic rings. The lowest BCUT2D eigenvalue weighted by molar-refractivity contribution is -0.145. The van der Waals surface area contributed by atoms with E-state index in [0.717, 1.165) is 18.2 Å². The lowest BCUT2D eigenvalue weighted by Gasteiger charge is -2.23. The van der Waals surface area contributed by atoms with Gasteiger partial charge in [-0.2, -0.15) is 11.8 Å². The number of nitrogens with one attached hydrogen (secondary N) is 1. The monoisotopic (exact) mass is 257 g/mol. The van der Waals surface area contributed by atoms with Gasteiger partial charge in [0.05, 0.1) is 6.61 Å². The molecule has 1 saturated carbocycles. The number of thioether (sulfide) groups is 1. The summed E-state index contributed by atoms with van der Waals surface area (Å²) in [4.78, 5) is 11.6. The van der Waals surface area contributed by atoms with Crippen LogP contribution in [-0.2, 0) is 9.53 Å². The molecule has 98 valence electrons. The first-order chi connectivity index (χ1) is 8.29. The van der Waals surface area contributed by atoms with Crippen molar-refractivity contribution in [3.63, 3.8) is 0 Å². The molecule has 0 aromatic carbocycles. The fraction of sp³-hybridized carbons (Fsp3) is 0.923. The van der Waals surface area contributed by atoms with Crippen LogP contribution in [0.25, 0.3) is 0 Å². The highest BCUT2D eigenvalue weighted by atomic mass is 32.2. The van der Waals surface area contributed by atoms with Gasteiger partial charge in [-0.25, -0.2) is 0 Å². The summed E-state index contributed by atoms with van der Waals surface area (Å²) in [5.74, 6) is -0.0701. The van der Waals surface area contributed by atoms with Crippen LogP contribution in [0, 0.1) is 0 Å². The third kappa shape index (κ3) is 3.88. The molecule has 0 spiro atoms. The topological polar surface area (TPSA) is 38.3 Å². The van der Waals surface area contributed by atoms with Gasteiger partial charge in [0.1, 0.15) is 6.04 Å². The lowest BCUT2D eigenvalue weighted by Crippen LogP contribution is -2.32. The van der Waals surface area contributed by atoms with Crippen LogP contribution >= 0.6 is 11.8 Å². The Bertz CT molecular complexity index is 254. The van der Waals surface area contributed by atoms with Gasteiger partial charge in [0.15, 0.2) is 0 Å². The summed E-state index contributed by atoms with van der Waals surface area (Å²) in [6.45, 7) is 3.31. The largest absolute Gasteiger partial charge is 0.465 e. The van der Waals surface area contributed by atoms with Gasteiger partial charge in [-0.1, -0.05) is 19.3 Å². The Morgan fingerprint density at radius 3 is 2.76 bits per heavy atom.